The van der Waals surface area contributed by atoms with Gasteiger partial charge in [0.15, 0.2) is 0 Å². The summed E-state index contributed by atoms with van der Waals surface area (Å²) in [6, 6.07) is 4.03. The molecule has 0 unspecified atom stereocenters. The smallest absolute Gasteiger partial charge is 0.118 e. The molecule has 0 amide bonds. The summed E-state index contributed by atoms with van der Waals surface area (Å²) < 4.78 is 5.63. The predicted molar refractivity (Wildman–Crippen MR) is 61.8 cm³/mol. The van der Waals surface area contributed by atoms with E-state index < -0.39 is 0 Å². The monoisotopic (exact) mass is 227 g/mol. The van der Waals surface area contributed by atoms with E-state index in [0.29, 0.717) is 0 Å². The van der Waals surface area contributed by atoms with E-state index in [4.69, 9.17) is 9.52 Å². The minimum Gasteiger partial charge on any atom is -0.464 e. The molecule has 1 fully saturated rings. The van der Waals surface area contributed by atoms with Crippen LogP contribution in [0.5, 0.6) is 0 Å². The van der Waals surface area contributed by atoms with Crippen LogP contribution >= 0.6 is 11.8 Å². The van der Waals surface area contributed by atoms with Gasteiger partial charge < -0.3 is 14.8 Å². The number of aliphatic hydroxyl groups is 1. The van der Waals surface area contributed by atoms with Crippen molar-refractivity contribution in [2.45, 2.75) is 30.7 Å². The van der Waals surface area contributed by atoms with Crippen molar-refractivity contribution in [1.82, 2.24) is 5.32 Å². The van der Waals surface area contributed by atoms with Crippen molar-refractivity contribution >= 4 is 11.8 Å². The van der Waals surface area contributed by atoms with E-state index in [-0.39, 0.29) is 12.1 Å². The van der Waals surface area contributed by atoms with Gasteiger partial charge in [-0.25, -0.2) is 0 Å². The molecule has 1 aliphatic rings. The molecular formula is C11H17NO2S. The van der Waals surface area contributed by atoms with Crippen molar-refractivity contribution < 1.29 is 9.52 Å². The molecule has 0 spiro atoms. The average Bonchev–Trinajstić information content (AvgIpc) is 2.91. The summed E-state index contributed by atoms with van der Waals surface area (Å²) in [4.78, 5) is 0. The highest BCUT2D eigenvalue weighted by molar-refractivity contribution is 7.97. The first-order chi connectivity index (χ1) is 7.28. The Morgan fingerprint density at radius 2 is 2.20 bits per heavy atom. The quantitative estimate of drug-likeness (QED) is 0.777. The second-order valence-corrected chi connectivity index (χ2v) is 4.96. The van der Waals surface area contributed by atoms with Crippen LogP contribution in [0.25, 0.3) is 0 Å². The van der Waals surface area contributed by atoms with Crippen LogP contribution < -0.4 is 5.32 Å². The van der Waals surface area contributed by atoms with Crippen LogP contribution in [0.1, 0.15) is 24.4 Å². The number of hydrogen-bond donors (Lipinski definition) is 2. The van der Waals surface area contributed by atoms with Crippen molar-refractivity contribution in [3.63, 3.8) is 0 Å². The Kier molecular flexibility index (Phi) is 3.38. The lowest BCUT2D eigenvalue weighted by molar-refractivity contribution is 0.226. The highest BCUT2D eigenvalue weighted by atomic mass is 32.2. The lowest BCUT2D eigenvalue weighted by Gasteiger charge is -2.12. The van der Waals surface area contributed by atoms with E-state index in [9.17, 15) is 0 Å². The Morgan fingerprint density at radius 1 is 1.47 bits per heavy atom. The van der Waals surface area contributed by atoms with Crippen LogP contribution in [0.3, 0.4) is 0 Å². The zero-order valence-electron chi connectivity index (χ0n) is 8.95. The van der Waals surface area contributed by atoms with Gasteiger partial charge in [0.1, 0.15) is 11.5 Å². The summed E-state index contributed by atoms with van der Waals surface area (Å²) in [6.07, 6.45) is 4.20. The molecule has 84 valence electrons. The van der Waals surface area contributed by atoms with Gasteiger partial charge in [-0.15, -0.1) is 0 Å². The third-order valence-electron chi connectivity index (χ3n) is 2.80. The third kappa shape index (κ3) is 2.77. The molecule has 0 saturated heterocycles. The molecule has 1 heterocycles. The van der Waals surface area contributed by atoms with E-state index in [2.05, 4.69) is 11.6 Å². The van der Waals surface area contributed by atoms with E-state index in [1.54, 1.807) is 11.8 Å². The number of aliphatic hydroxyl groups excluding tert-OH is 1. The lowest BCUT2D eigenvalue weighted by Crippen LogP contribution is -2.33. The third-order valence-corrected chi connectivity index (χ3v) is 3.37. The molecule has 1 aromatic heterocycles. The molecule has 0 aliphatic heterocycles. The summed E-state index contributed by atoms with van der Waals surface area (Å²) in [7, 11) is 0. The van der Waals surface area contributed by atoms with Gasteiger partial charge >= 0.3 is 0 Å². The number of nitrogens with one attached hydrogen (secondary N) is 1. The summed E-state index contributed by atoms with van der Waals surface area (Å²) in [5, 5.41) is 12.5. The van der Waals surface area contributed by atoms with Crippen LogP contribution in [0.2, 0.25) is 0 Å². The molecule has 1 saturated carbocycles. The summed E-state index contributed by atoms with van der Waals surface area (Å²) in [6.45, 7) is 0.945. The van der Waals surface area contributed by atoms with E-state index in [0.717, 1.165) is 36.7 Å². The zero-order chi connectivity index (χ0) is 10.7. The van der Waals surface area contributed by atoms with Crippen molar-refractivity contribution in [2.75, 3.05) is 12.9 Å². The second kappa shape index (κ2) is 4.60. The van der Waals surface area contributed by atoms with Crippen LogP contribution in [0, 0.1) is 0 Å². The molecule has 2 N–H and O–H groups in total. The van der Waals surface area contributed by atoms with Gasteiger partial charge in [0.05, 0.1) is 18.9 Å². The first-order valence-electron chi connectivity index (χ1n) is 5.20. The van der Waals surface area contributed by atoms with Crippen molar-refractivity contribution in [3.05, 3.63) is 23.7 Å². The molecule has 1 aromatic rings. The number of rotatable bonds is 6. The van der Waals surface area contributed by atoms with Crippen LogP contribution in [0.15, 0.2) is 16.5 Å². The number of thioether (sulfide) groups is 1. The lowest BCUT2D eigenvalue weighted by atomic mass is 10.3. The zero-order valence-corrected chi connectivity index (χ0v) is 9.77. The van der Waals surface area contributed by atoms with Gasteiger partial charge in [0, 0.05) is 5.54 Å². The highest BCUT2D eigenvalue weighted by Gasteiger charge is 2.41. The molecule has 4 heteroatoms. The van der Waals surface area contributed by atoms with Crippen LogP contribution in [-0.4, -0.2) is 23.5 Å². The molecule has 0 radical (unpaired) electrons. The maximum absolute atomic E-state index is 9.13. The molecule has 0 atom stereocenters. The predicted octanol–water partition coefficient (Wildman–Crippen LogP) is 1.76. The van der Waals surface area contributed by atoms with Gasteiger partial charge in [-0.05, 0) is 31.2 Å². The molecule has 0 aromatic carbocycles. The first-order valence-corrected chi connectivity index (χ1v) is 6.60. The minimum absolute atomic E-state index is 0.00748. The van der Waals surface area contributed by atoms with Gasteiger partial charge in [-0.1, -0.05) is 0 Å². The largest absolute Gasteiger partial charge is 0.464 e. The number of furan rings is 1. The summed E-state index contributed by atoms with van der Waals surface area (Å²) in [5.41, 5.74) is -0.00748. The summed E-state index contributed by atoms with van der Waals surface area (Å²) in [5.74, 6) is 2.90. The van der Waals surface area contributed by atoms with E-state index in [1.807, 2.05) is 12.1 Å². The van der Waals surface area contributed by atoms with Crippen molar-refractivity contribution in [3.8, 4) is 0 Å². The topological polar surface area (TPSA) is 45.4 Å². The van der Waals surface area contributed by atoms with Crippen molar-refractivity contribution in [1.29, 1.82) is 0 Å². The van der Waals surface area contributed by atoms with E-state index in [1.165, 1.54) is 0 Å². The van der Waals surface area contributed by atoms with Gasteiger partial charge in [-0.3, -0.25) is 0 Å². The molecule has 0 bridgehead atoms. The Hall–Kier alpha value is -0.450. The van der Waals surface area contributed by atoms with Gasteiger partial charge in [-0.2, -0.15) is 11.8 Å². The normalized spacial score (nSPS) is 18.0. The standard InChI is InChI=1S/C11H17NO2S/c1-15-7-10-3-2-9(14-10)6-12-11(8-13)4-5-11/h2-3,12-13H,4-8H2,1H3. The Bertz CT molecular complexity index is 320. The summed E-state index contributed by atoms with van der Waals surface area (Å²) >= 11 is 1.75. The highest BCUT2D eigenvalue weighted by Crippen LogP contribution is 2.34. The molecular weight excluding hydrogens is 210 g/mol. The fourth-order valence-electron chi connectivity index (χ4n) is 1.55. The Balaban J connectivity index is 1.83. The number of hydrogen-bond acceptors (Lipinski definition) is 4. The van der Waals surface area contributed by atoms with Crippen LogP contribution in [-0.2, 0) is 12.3 Å². The maximum atomic E-state index is 9.13. The van der Waals surface area contributed by atoms with Gasteiger partial charge in [0.2, 0.25) is 0 Å². The fraction of sp³-hybridized carbons (Fsp3) is 0.636. The van der Waals surface area contributed by atoms with Crippen LogP contribution in [0.4, 0.5) is 0 Å². The van der Waals surface area contributed by atoms with Crippen molar-refractivity contribution in [2.24, 2.45) is 0 Å². The Labute approximate surface area is 94.2 Å². The van der Waals surface area contributed by atoms with Gasteiger partial charge in [0.25, 0.3) is 0 Å². The molecule has 1 aliphatic carbocycles. The minimum atomic E-state index is -0.00748. The second-order valence-electron chi connectivity index (χ2n) is 4.09. The Morgan fingerprint density at radius 3 is 2.80 bits per heavy atom. The molecule has 15 heavy (non-hydrogen) atoms. The van der Waals surface area contributed by atoms with E-state index >= 15 is 0 Å². The fourth-order valence-corrected chi connectivity index (χ4v) is 1.99. The maximum Gasteiger partial charge on any atom is 0.118 e. The first kappa shape index (κ1) is 11.0. The molecule has 2 rings (SSSR count). The average molecular weight is 227 g/mol. The molecule has 3 nitrogen and oxygen atoms in total. The SMILES string of the molecule is CSCc1ccc(CNC2(CO)CC2)o1.